The second kappa shape index (κ2) is 6.58. The van der Waals surface area contributed by atoms with Crippen LogP contribution in [0.15, 0.2) is 42.0 Å². The normalized spacial score (nSPS) is 13.6. The van der Waals surface area contributed by atoms with Crippen LogP contribution in [0.4, 0.5) is 5.69 Å². The van der Waals surface area contributed by atoms with E-state index in [-0.39, 0.29) is 5.56 Å². The van der Waals surface area contributed by atoms with Crippen molar-refractivity contribution in [2.75, 3.05) is 19.5 Å². The van der Waals surface area contributed by atoms with Gasteiger partial charge in [0.25, 0.3) is 5.56 Å². The molecule has 1 aliphatic carbocycles. The zero-order valence-corrected chi connectivity index (χ0v) is 15.9. The smallest absolute Gasteiger partial charge is 0.259 e. The summed E-state index contributed by atoms with van der Waals surface area (Å²) < 4.78 is 7.20. The number of hydrogen-bond acceptors (Lipinski definition) is 4. The van der Waals surface area contributed by atoms with Crippen LogP contribution in [0.25, 0.3) is 28.0 Å². The Labute approximate surface area is 158 Å². The zero-order valence-electron chi connectivity index (χ0n) is 15.9. The number of fused-ring (bicyclic) bond motifs is 1. The molecule has 2 aromatic heterocycles. The van der Waals surface area contributed by atoms with Crippen LogP contribution in [0.3, 0.4) is 0 Å². The van der Waals surface area contributed by atoms with Crippen molar-refractivity contribution in [2.24, 2.45) is 7.05 Å². The van der Waals surface area contributed by atoms with E-state index < -0.39 is 0 Å². The number of benzene rings is 1. The minimum atomic E-state index is -0.0351. The molecule has 27 heavy (non-hydrogen) atoms. The van der Waals surface area contributed by atoms with Crippen molar-refractivity contribution >= 4 is 22.5 Å². The van der Waals surface area contributed by atoms with Crippen molar-refractivity contribution in [2.45, 2.75) is 18.8 Å². The largest absolute Gasteiger partial charge is 0.496 e. The molecular formula is C22H23N3O2. The molecule has 5 heteroatoms. The fourth-order valence-electron chi connectivity index (χ4n) is 3.58. The molecular weight excluding hydrogens is 338 g/mol. The SMILES string of the molecule is C=Cc1c(NC)cc(-c2cn(C)c(=O)c3cnc(C4CC4)cc23)cc1OC. The monoisotopic (exact) mass is 361 g/mol. The Morgan fingerprint density at radius 2 is 2.07 bits per heavy atom. The summed E-state index contributed by atoms with van der Waals surface area (Å²) in [4.78, 5) is 17.2. The standard InChI is InChI=1S/C22H23N3O2/c1-5-15-20(23-2)8-14(9-21(15)27-4)18-12-25(3)22(26)17-11-24-19(10-16(17)18)13-6-7-13/h5,8-13,23H,1,6-7H2,2-4H3. The van der Waals surface area contributed by atoms with Crippen LogP contribution in [0.2, 0.25) is 0 Å². The van der Waals surface area contributed by atoms with Gasteiger partial charge in [-0.25, -0.2) is 0 Å². The number of nitrogens with one attached hydrogen (secondary N) is 1. The van der Waals surface area contributed by atoms with Gasteiger partial charge in [-0.2, -0.15) is 0 Å². The molecule has 138 valence electrons. The van der Waals surface area contributed by atoms with E-state index in [1.807, 2.05) is 19.3 Å². The van der Waals surface area contributed by atoms with E-state index in [9.17, 15) is 4.79 Å². The molecule has 0 radical (unpaired) electrons. The Morgan fingerprint density at radius 1 is 1.30 bits per heavy atom. The lowest BCUT2D eigenvalue weighted by Gasteiger charge is -2.16. The summed E-state index contributed by atoms with van der Waals surface area (Å²) in [6.07, 6.45) is 7.74. The molecule has 0 aliphatic heterocycles. The van der Waals surface area contributed by atoms with Crippen molar-refractivity contribution in [3.8, 4) is 16.9 Å². The molecule has 0 unspecified atom stereocenters. The first kappa shape index (κ1) is 17.3. The minimum Gasteiger partial charge on any atom is -0.496 e. The Kier molecular flexibility index (Phi) is 4.22. The second-order valence-corrected chi connectivity index (χ2v) is 6.98. The van der Waals surface area contributed by atoms with Crippen LogP contribution in [-0.4, -0.2) is 23.7 Å². The molecule has 3 aromatic rings. The molecule has 4 rings (SSSR count). The number of methoxy groups -OCH3 is 1. The molecule has 1 N–H and O–H groups in total. The number of pyridine rings is 2. The van der Waals surface area contributed by atoms with Crippen LogP contribution in [0.1, 0.15) is 30.0 Å². The van der Waals surface area contributed by atoms with Crippen LogP contribution in [0.5, 0.6) is 5.75 Å². The lowest BCUT2D eigenvalue weighted by molar-refractivity contribution is 0.414. The highest BCUT2D eigenvalue weighted by molar-refractivity contribution is 5.97. The Hall–Kier alpha value is -3.08. The topological polar surface area (TPSA) is 56.2 Å². The number of rotatable bonds is 5. The third-order valence-electron chi connectivity index (χ3n) is 5.23. The first-order valence-corrected chi connectivity index (χ1v) is 9.09. The summed E-state index contributed by atoms with van der Waals surface area (Å²) >= 11 is 0. The summed E-state index contributed by atoms with van der Waals surface area (Å²) in [5.41, 5.74) is 4.85. The summed E-state index contributed by atoms with van der Waals surface area (Å²) in [6.45, 7) is 3.89. The number of hydrogen-bond donors (Lipinski definition) is 1. The van der Waals surface area contributed by atoms with Crippen LogP contribution < -0.4 is 15.6 Å². The summed E-state index contributed by atoms with van der Waals surface area (Å²) in [7, 11) is 5.30. The van der Waals surface area contributed by atoms with Crippen LogP contribution in [0, 0.1) is 0 Å². The van der Waals surface area contributed by atoms with Crippen molar-refractivity contribution in [3.63, 3.8) is 0 Å². The van der Waals surface area contributed by atoms with Gasteiger partial charge >= 0.3 is 0 Å². The second-order valence-electron chi connectivity index (χ2n) is 6.98. The van der Waals surface area contributed by atoms with Gasteiger partial charge in [-0.1, -0.05) is 12.7 Å². The van der Waals surface area contributed by atoms with E-state index in [1.54, 1.807) is 31.0 Å². The summed E-state index contributed by atoms with van der Waals surface area (Å²) in [6, 6.07) is 6.14. The van der Waals surface area contributed by atoms with Gasteiger partial charge in [-0.3, -0.25) is 9.78 Å². The summed E-state index contributed by atoms with van der Waals surface area (Å²) in [5, 5.41) is 4.78. The fraction of sp³-hybridized carbons (Fsp3) is 0.273. The van der Waals surface area contributed by atoms with Crippen molar-refractivity contribution in [1.82, 2.24) is 9.55 Å². The van der Waals surface area contributed by atoms with Gasteiger partial charge < -0.3 is 14.6 Å². The van der Waals surface area contributed by atoms with Crippen LogP contribution in [-0.2, 0) is 7.05 Å². The highest BCUT2D eigenvalue weighted by Crippen LogP contribution is 2.41. The maximum Gasteiger partial charge on any atom is 0.259 e. The number of aryl methyl sites for hydroxylation is 1. The Balaban J connectivity index is 2.03. The molecule has 1 fully saturated rings. The molecule has 1 saturated carbocycles. The first-order valence-electron chi connectivity index (χ1n) is 9.09. The lowest BCUT2D eigenvalue weighted by atomic mass is 9.97. The average molecular weight is 361 g/mol. The van der Waals surface area contributed by atoms with Crippen molar-refractivity contribution < 1.29 is 4.74 Å². The van der Waals surface area contributed by atoms with Crippen molar-refractivity contribution in [1.29, 1.82) is 0 Å². The molecule has 0 bridgehead atoms. The quantitative estimate of drug-likeness (QED) is 0.741. The molecule has 1 aromatic carbocycles. The first-order chi connectivity index (χ1) is 13.1. The molecule has 1 aliphatic rings. The highest BCUT2D eigenvalue weighted by atomic mass is 16.5. The lowest BCUT2D eigenvalue weighted by Crippen LogP contribution is -2.17. The predicted octanol–water partition coefficient (Wildman–Crippen LogP) is 4.17. The molecule has 0 saturated heterocycles. The molecule has 0 spiro atoms. The third-order valence-corrected chi connectivity index (χ3v) is 5.23. The van der Waals surface area contributed by atoms with E-state index in [2.05, 4.69) is 29.0 Å². The Bertz CT molecular complexity index is 1090. The molecule has 5 nitrogen and oxygen atoms in total. The molecule has 0 amide bonds. The maximum atomic E-state index is 12.6. The number of nitrogens with zero attached hydrogens (tertiary/aromatic N) is 2. The number of anilines is 1. The van der Waals surface area contributed by atoms with E-state index in [0.29, 0.717) is 11.3 Å². The Morgan fingerprint density at radius 3 is 2.70 bits per heavy atom. The summed E-state index contributed by atoms with van der Waals surface area (Å²) in [5.74, 6) is 1.27. The number of ether oxygens (including phenoxy) is 1. The maximum absolute atomic E-state index is 12.6. The number of aromatic nitrogens is 2. The predicted molar refractivity (Wildman–Crippen MR) is 111 cm³/mol. The third kappa shape index (κ3) is 2.89. The van der Waals surface area contributed by atoms with Gasteiger partial charge in [0.15, 0.2) is 0 Å². The zero-order chi connectivity index (χ0) is 19.1. The molecule has 2 heterocycles. The minimum absolute atomic E-state index is 0.0351. The van der Waals surface area contributed by atoms with Crippen LogP contribution >= 0.6 is 0 Å². The average Bonchev–Trinajstić information content (AvgIpc) is 3.54. The van der Waals surface area contributed by atoms with Gasteiger partial charge in [0.05, 0.1) is 12.5 Å². The van der Waals surface area contributed by atoms with E-state index >= 15 is 0 Å². The van der Waals surface area contributed by atoms with Gasteiger partial charge in [-0.15, -0.1) is 0 Å². The van der Waals surface area contributed by atoms with Gasteiger partial charge in [-0.05, 0) is 42.0 Å². The van der Waals surface area contributed by atoms with Gasteiger partial charge in [0.2, 0.25) is 0 Å². The van der Waals surface area contributed by atoms with E-state index in [4.69, 9.17) is 4.74 Å². The molecule has 0 atom stereocenters. The van der Waals surface area contributed by atoms with Crippen molar-refractivity contribution in [3.05, 3.63) is 58.8 Å². The van der Waals surface area contributed by atoms with E-state index in [1.165, 1.54) is 12.8 Å². The fourth-order valence-corrected chi connectivity index (χ4v) is 3.58. The van der Waals surface area contributed by atoms with Gasteiger partial charge in [0, 0.05) is 54.9 Å². The highest BCUT2D eigenvalue weighted by Gasteiger charge is 2.26. The van der Waals surface area contributed by atoms with E-state index in [0.717, 1.165) is 39.2 Å². The van der Waals surface area contributed by atoms with Gasteiger partial charge in [0.1, 0.15) is 5.75 Å².